The molecule has 1 saturated carbocycles. The van der Waals surface area contributed by atoms with Crippen LogP contribution in [0.25, 0.3) is 0 Å². The van der Waals surface area contributed by atoms with Crippen LogP contribution >= 0.6 is 0 Å². The molecule has 0 radical (unpaired) electrons. The standard InChI is InChI=1S/C13H26N2O/c1-4-11-13(3,16-5-2)15-14-12-9-7-6-8-10-12/h12H,4-11H2,1-3H3. The fourth-order valence-corrected chi connectivity index (χ4v) is 2.33. The van der Waals surface area contributed by atoms with Crippen LogP contribution in [0.15, 0.2) is 10.2 Å². The molecule has 1 rings (SSSR count). The van der Waals surface area contributed by atoms with Gasteiger partial charge in [0, 0.05) is 6.61 Å². The second-order valence-corrected chi connectivity index (χ2v) is 4.87. The third-order valence-corrected chi connectivity index (χ3v) is 3.18. The van der Waals surface area contributed by atoms with Gasteiger partial charge < -0.3 is 4.74 Å². The Bertz CT molecular complexity index is 204. The molecule has 0 saturated heterocycles. The monoisotopic (exact) mass is 226 g/mol. The summed E-state index contributed by atoms with van der Waals surface area (Å²) in [6.45, 7) is 6.93. The average Bonchev–Trinajstić information content (AvgIpc) is 2.29. The summed E-state index contributed by atoms with van der Waals surface area (Å²) in [7, 11) is 0. The molecule has 0 heterocycles. The van der Waals surface area contributed by atoms with Crippen molar-refractivity contribution >= 4 is 0 Å². The van der Waals surface area contributed by atoms with E-state index in [4.69, 9.17) is 4.74 Å². The van der Waals surface area contributed by atoms with Crippen LogP contribution in [0.4, 0.5) is 0 Å². The van der Waals surface area contributed by atoms with Crippen LogP contribution in [-0.4, -0.2) is 18.4 Å². The second-order valence-electron chi connectivity index (χ2n) is 4.87. The Kier molecular flexibility index (Phi) is 5.96. The molecule has 0 aromatic rings. The number of nitrogens with zero attached hydrogens (tertiary/aromatic N) is 2. The van der Waals surface area contributed by atoms with Crippen molar-refractivity contribution in [2.24, 2.45) is 10.2 Å². The molecule has 0 aliphatic heterocycles. The van der Waals surface area contributed by atoms with E-state index in [1.165, 1.54) is 32.1 Å². The molecule has 0 amide bonds. The third-order valence-electron chi connectivity index (χ3n) is 3.18. The summed E-state index contributed by atoms with van der Waals surface area (Å²) in [6.07, 6.45) is 8.43. The first-order valence-electron chi connectivity index (χ1n) is 6.76. The van der Waals surface area contributed by atoms with Gasteiger partial charge in [0.2, 0.25) is 0 Å². The van der Waals surface area contributed by atoms with Gasteiger partial charge in [-0.25, -0.2) is 0 Å². The van der Waals surface area contributed by atoms with Gasteiger partial charge in [0.25, 0.3) is 0 Å². The average molecular weight is 226 g/mol. The van der Waals surface area contributed by atoms with Crippen molar-refractivity contribution in [3.8, 4) is 0 Å². The maximum Gasteiger partial charge on any atom is 0.176 e. The van der Waals surface area contributed by atoms with Crippen molar-refractivity contribution in [3.63, 3.8) is 0 Å². The Balaban J connectivity index is 2.48. The largest absolute Gasteiger partial charge is 0.353 e. The molecular weight excluding hydrogens is 200 g/mol. The number of rotatable bonds is 6. The quantitative estimate of drug-likeness (QED) is 0.621. The first-order valence-corrected chi connectivity index (χ1v) is 6.76. The molecule has 94 valence electrons. The smallest absolute Gasteiger partial charge is 0.176 e. The van der Waals surface area contributed by atoms with Gasteiger partial charge in [-0.3, -0.25) is 0 Å². The first-order chi connectivity index (χ1) is 7.70. The predicted molar refractivity (Wildman–Crippen MR) is 66.7 cm³/mol. The minimum atomic E-state index is -0.388. The van der Waals surface area contributed by atoms with Gasteiger partial charge in [-0.1, -0.05) is 32.6 Å². The minimum absolute atomic E-state index is 0.388. The molecule has 0 N–H and O–H groups in total. The topological polar surface area (TPSA) is 34.0 Å². The van der Waals surface area contributed by atoms with Crippen molar-refractivity contribution < 1.29 is 4.74 Å². The Hall–Kier alpha value is -0.440. The van der Waals surface area contributed by atoms with Crippen LogP contribution in [0.2, 0.25) is 0 Å². The second kappa shape index (κ2) is 7.00. The van der Waals surface area contributed by atoms with E-state index in [0.717, 1.165) is 12.8 Å². The summed E-state index contributed by atoms with van der Waals surface area (Å²) in [4.78, 5) is 0. The van der Waals surface area contributed by atoms with Gasteiger partial charge in [-0.05, 0) is 33.1 Å². The molecular formula is C13H26N2O. The Labute approximate surface area is 99.7 Å². The summed E-state index contributed by atoms with van der Waals surface area (Å²) in [5, 5.41) is 8.95. The van der Waals surface area contributed by atoms with Crippen LogP contribution in [-0.2, 0) is 4.74 Å². The number of hydrogen-bond donors (Lipinski definition) is 0. The van der Waals surface area contributed by atoms with E-state index in [1.54, 1.807) is 0 Å². The van der Waals surface area contributed by atoms with Crippen molar-refractivity contribution in [3.05, 3.63) is 0 Å². The van der Waals surface area contributed by atoms with E-state index < -0.39 is 0 Å². The molecule has 1 fully saturated rings. The molecule has 0 aromatic heterocycles. The number of ether oxygens (including phenoxy) is 1. The maximum absolute atomic E-state index is 5.70. The highest BCUT2D eigenvalue weighted by molar-refractivity contribution is 4.74. The highest BCUT2D eigenvalue weighted by Gasteiger charge is 2.23. The van der Waals surface area contributed by atoms with E-state index in [-0.39, 0.29) is 5.72 Å². The Morgan fingerprint density at radius 3 is 2.44 bits per heavy atom. The molecule has 3 nitrogen and oxygen atoms in total. The lowest BCUT2D eigenvalue weighted by molar-refractivity contribution is -0.0312. The van der Waals surface area contributed by atoms with Crippen LogP contribution in [0, 0.1) is 0 Å². The molecule has 3 heteroatoms. The van der Waals surface area contributed by atoms with E-state index in [2.05, 4.69) is 17.2 Å². The highest BCUT2D eigenvalue weighted by Crippen LogP contribution is 2.24. The maximum atomic E-state index is 5.70. The molecule has 1 aliphatic carbocycles. The van der Waals surface area contributed by atoms with E-state index in [0.29, 0.717) is 12.6 Å². The van der Waals surface area contributed by atoms with Crippen LogP contribution in [0.3, 0.4) is 0 Å². The summed E-state index contributed by atoms with van der Waals surface area (Å²) < 4.78 is 5.70. The van der Waals surface area contributed by atoms with Crippen molar-refractivity contribution in [2.75, 3.05) is 6.61 Å². The summed E-state index contributed by atoms with van der Waals surface area (Å²) in [6, 6.07) is 0.449. The molecule has 1 atom stereocenters. The fraction of sp³-hybridized carbons (Fsp3) is 1.00. The molecule has 16 heavy (non-hydrogen) atoms. The summed E-state index contributed by atoms with van der Waals surface area (Å²) in [5.41, 5.74) is -0.388. The van der Waals surface area contributed by atoms with Crippen molar-refractivity contribution in [1.82, 2.24) is 0 Å². The number of azo groups is 1. The van der Waals surface area contributed by atoms with Gasteiger partial charge in [0.15, 0.2) is 5.72 Å². The zero-order valence-corrected chi connectivity index (χ0v) is 11.0. The van der Waals surface area contributed by atoms with Crippen LogP contribution < -0.4 is 0 Å². The van der Waals surface area contributed by atoms with Crippen molar-refractivity contribution in [2.45, 2.75) is 77.5 Å². The van der Waals surface area contributed by atoms with Crippen LogP contribution in [0.1, 0.15) is 65.7 Å². The number of hydrogen-bond acceptors (Lipinski definition) is 3. The van der Waals surface area contributed by atoms with Gasteiger partial charge >= 0.3 is 0 Å². The van der Waals surface area contributed by atoms with Crippen molar-refractivity contribution in [1.29, 1.82) is 0 Å². The molecule has 0 bridgehead atoms. The highest BCUT2D eigenvalue weighted by atomic mass is 16.5. The fourth-order valence-electron chi connectivity index (χ4n) is 2.33. The first kappa shape index (κ1) is 13.6. The third kappa shape index (κ3) is 4.60. The summed E-state index contributed by atoms with van der Waals surface area (Å²) >= 11 is 0. The summed E-state index contributed by atoms with van der Waals surface area (Å²) in [5.74, 6) is 0. The normalized spacial score (nSPS) is 22.4. The molecule has 1 aliphatic rings. The van der Waals surface area contributed by atoms with Gasteiger partial charge in [0.1, 0.15) is 0 Å². The van der Waals surface area contributed by atoms with Crippen LogP contribution in [0.5, 0.6) is 0 Å². The Morgan fingerprint density at radius 1 is 1.19 bits per heavy atom. The van der Waals surface area contributed by atoms with Gasteiger partial charge in [-0.2, -0.15) is 10.2 Å². The van der Waals surface area contributed by atoms with E-state index in [9.17, 15) is 0 Å². The predicted octanol–water partition coefficient (Wildman–Crippen LogP) is 4.32. The van der Waals surface area contributed by atoms with E-state index >= 15 is 0 Å². The lowest BCUT2D eigenvalue weighted by Gasteiger charge is -2.24. The zero-order chi connectivity index (χ0) is 11.9. The zero-order valence-electron chi connectivity index (χ0n) is 11.0. The van der Waals surface area contributed by atoms with Gasteiger partial charge in [-0.15, -0.1) is 0 Å². The van der Waals surface area contributed by atoms with E-state index in [1.807, 2.05) is 13.8 Å². The molecule has 1 unspecified atom stereocenters. The SMILES string of the molecule is CCCC(C)(N=NC1CCCCC1)OCC. The lowest BCUT2D eigenvalue weighted by Crippen LogP contribution is -2.26. The minimum Gasteiger partial charge on any atom is -0.353 e. The molecule has 0 spiro atoms. The lowest BCUT2D eigenvalue weighted by atomic mass is 9.96. The Morgan fingerprint density at radius 2 is 1.88 bits per heavy atom. The molecule has 0 aromatic carbocycles. The van der Waals surface area contributed by atoms with Gasteiger partial charge in [0.05, 0.1) is 6.04 Å².